The Hall–Kier alpha value is -2.75. The monoisotopic (exact) mass is 401 g/mol. The highest BCUT2D eigenvalue weighted by Crippen LogP contribution is 2.08. The first-order chi connectivity index (χ1) is 13.7. The molecule has 150 valence electrons. The first-order valence-electron chi connectivity index (χ1n) is 9.43. The Balaban J connectivity index is 1.57. The zero-order valence-electron chi connectivity index (χ0n) is 16.6. The van der Waals surface area contributed by atoms with Gasteiger partial charge in [-0.3, -0.25) is 0 Å². The molecule has 0 aliphatic rings. The maximum atomic E-state index is 4.68. The van der Waals surface area contributed by atoms with Crippen molar-refractivity contribution in [1.82, 2.24) is 40.2 Å². The molecule has 0 saturated carbocycles. The Bertz CT molecular complexity index is 879. The molecule has 3 heterocycles. The molecular weight excluding hydrogens is 374 g/mol. The minimum atomic E-state index is 0.471. The highest BCUT2D eigenvalue weighted by molar-refractivity contribution is 7.09. The topological polar surface area (TPSA) is 97.8 Å². The quantitative estimate of drug-likeness (QED) is 0.414. The fourth-order valence-corrected chi connectivity index (χ4v) is 3.41. The van der Waals surface area contributed by atoms with E-state index in [1.807, 2.05) is 18.5 Å². The normalized spacial score (nSPS) is 11.8. The van der Waals surface area contributed by atoms with Gasteiger partial charge in [-0.25, -0.2) is 4.99 Å². The molecule has 0 aliphatic carbocycles. The number of guanidine groups is 1. The number of thiophene rings is 1. The van der Waals surface area contributed by atoms with Gasteiger partial charge in [0.15, 0.2) is 11.8 Å². The van der Waals surface area contributed by atoms with Crippen molar-refractivity contribution in [2.75, 3.05) is 13.1 Å². The van der Waals surface area contributed by atoms with Crippen LogP contribution >= 0.6 is 11.3 Å². The van der Waals surface area contributed by atoms with Crippen LogP contribution in [0, 0.1) is 6.92 Å². The Kier molecular flexibility index (Phi) is 7.12. The minimum Gasteiger partial charge on any atom is -0.356 e. The van der Waals surface area contributed by atoms with Crippen LogP contribution in [-0.2, 0) is 33.0 Å². The fraction of sp³-hybridized carbons (Fsp3) is 0.500. The van der Waals surface area contributed by atoms with E-state index in [0.717, 1.165) is 55.9 Å². The van der Waals surface area contributed by atoms with Crippen LogP contribution in [-0.4, -0.2) is 48.6 Å². The van der Waals surface area contributed by atoms with E-state index in [-0.39, 0.29) is 0 Å². The molecule has 0 amide bonds. The molecule has 0 fully saturated rings. The zero-order valence-corrected chi connectivity index (χ0v) is 17.4. The molecule has 3 aromatic rings. The van der Waals surface area contributed by atoms with Gasteiger partial charge in [-0.05, 0) is 24.8 Å². The van der Waals surface area contributed by atoms with E-state index in [1.165, 1.54) is 4.88 Å². The summed E-state index contributed by atoms with van der Waals surface area (Å²) in [4.78, 5) is 6.04. The van der Waals surface area contributed by atoms with Crippen molar-refractivity contribution in [3.63, 3.8) is 0 Å². The molecular formula is C18H27N9S. The van der Waals surface area contributed by atoms with Gasteiger partial charge < -0.3 is 19.8 Å². The molecule has 0 radical (unpaired) electrons. The van der Waals surface area contributed by atoms with Crippen LogP contribution in [0.15, 0.2) is 28.8 Å². The van der Waals surface area contributed by atoms with Crippen molar-refractivity contribution < 1.29 is 0 Å². The van der Waals surface area contributed by atoms with E-state index in [0.29, 0.717) is 6.54 Å². The predicted octanol–water partition coefficient (Wildman–Crippen LogP) is 1.32. The highest BCUT2D eigenvalue weighted by atomic mass is 32.1. The molecule has 3 rings (SSSR count). The molecule has 3 aromatic heterocycles. The lowest BCUT2D eigenvalue weighted by Gasteiger charge is -2.13. The van der Waals surface area contributed by atoms with Crippen molar-refractivity contribution in [2.45, 2.75) is 39.8 Å². The summed E-state index contributed by atoms with van der Waals surface area (Å²) >= 11 is 1.77. The first-order valence-corrected chi connectivity index (χ1v) is 10.3. The number of aromatic nitrogens is 6. The SMILES string of the molecule is CCc1nncn1CCNC(=NCc1nnc(C)n1C)NCCc1cccs1. The third-order valence-electron chi connectivity index (χ3n) is 4.46. The van der Waals surface area contributed by atoms with Crippen LogP contribution in [0.2, 0.25) is 0 Å². The van der Waals surface area contributed by atoms with Gasteiger partial charge in [-0.2, -0.15) is 0 Å². The minimum absolute atomic E-state index is 0.471. The van der Waals surface area contributed by atoms with Gasteiger partial charge in [-0.15, -0.1) is 31.7 Å². The lowest BCUT2D eigenvalue weighted by atomic mass is 10.3. The van der Waals surface area contributed by atoms with Gasteiger partial charge >= 0.3 is 0 Å². The van der Waals surface area contributed by atoms with Crippen molar-refractivity contribution in [3.8, 4) is 0 Å². The smallest absolute Gasteiger partial charge is 0.191 e. The van der Waals surface area contributed by atoms with Gasteiger partial charge in [0.05, 0.1) is 0 Å². The van der Waals surface area contributed by atoms with Crippen LogP contribution in [0.1, 0.15) is 29.3 Å². The molecule has 10 heteroatoms. The molecule has 2 N–H and O–H groups in total. The Morgan fingerprint density at radius 2 is 2.04 bits per heavy atom. The maximum absolute atomic E-state index is 4.68. The molecule has 0 spiro atoms. The Morgan fingerprint density at radius 3 is 2.75 bits per heavy atom. The second kappa shape index (κ2) is 9.98. The second-order valence-electron chi connectivity index (χ2n) is 6.36. The number of aliphatic imine (C=N–C) groups is 1. The Labute approximate surface area is 168 Å². The second-order valence-corrected chi connectivity index (χ2v) is 7.40. The highest BCUT2D eigenvalue weighted by Gasteiger charge is 2.06. The van der Waals surface area contributed by atoms with Gasteiger partial charge in [0, 0.05) is 38.0 Å². The first kappa shape index (κ1) is 20.0. The van der Waals surface area contributed by atoms with Crippen LogP contribution in [0.4, 0.5) is 0 Å². The van der Waals surface area contributed by atoms with E-state index in [9.17, 15) is 0 Å². The largest absolute Gasteiger partial charge is 0.356 e. The fourth-order valence-electron chi connectivity index (χ4n) is 2.71. The van der Waals surface area contributed by atoms with Gasteiger partial charge in [0.25, 0.3) is 0 Å². The van der Waals surface area contributed by atoms with Crippen LogP contribution in [0.25, 0.3) is 0 Å². The van der Waals surface area contributed by atoms with E-state index in [1.54, 1.807) is 17.7 Å². The molecule has 0 saturated heterocycles. The lowest BCUT2D eigenvalue weighted by Crippen LogP contribution is -2.40. The Morgan fingerprint density at radius 1 is 1.18 bits per heavy atom. The number of hydrogen-bond acceptors (Lipinski definition) is 6. The van der Waals surface area contributed by atoms with E-state index in [4.69, 9.17) is 0 Å². The molecule has 0 aromatic carbocycles. The van der Waals surface area contributed by atoms with E-state index >= 15 is 0 Å². The summed E-state index contributed by atoms with van der Waals surface area (Å²) in [7, 11) is 1.95. The van der Waals surface area contributed by atoms with Crippen LogP contribution < -0.4 is 10.6 Å². The summed E-state index contributed by atoms with van der Waals surface area (Å²) in [5.41, 5.74) is 0. The van der Waals surface area contributed by atoms with Crippen LogP contribution in [0.5, 0.6) is 0 Å². The van der Waals surface area contributed by atoms with Crippen LogP contribution in [0.3, 0.4) is 0 Å². The summed E-state index contributed by atoms with van der Waals surface area (Å²) in [6, 6.07) is 4.23. The molecule has 0 unspecified atom stereocenters. The third-order valence-corrected chi connectivity index (χ3v) is 5.40. The summed E-state index contributed by atoms with van der Waals surface area (Å²) < 4.78 is 4.01. The standard InChI is InChI=1S/C18H27N9S/c1-4-16-24-22-13-27(16)10-9-20-18(19-8-7-15-6-5-11-28-15)21-12-17-25-23-14(2)26(17)3/h5-6,11,13H,4,7-10,12H2,1-3H3,(H2,19,20,21). The van der Waals surface area contributed by atoms with Crippen molar-refractivity contribution >= 4 is 17.3 Å². The van der Waals surface area contributed by atoms with E-state index < -0.39 is 0 Å². The maximum Gasteiger partial charge on any atom is 0.191 e. The molecule has 0 aliphatic heterocycles. The summed E-state index contributed by atoms with van der Waals surface area (Å²) in [5, 5.41) is 25.3. The number of nitrogens with one attached hydrogen (secondary N) is 2. The van der Waals surface area contributed by atoms with E-state index in [2.05, 4.69) is 65.0 Å². The van der Waals surface area contributed by atoms with Gasteiger partial charge in [0.2, 0.25) is 0 Å². The summed E-state index contributed by atoms with van der Waals surface area (Å²) in [5.74, 6) is 3.47. The van der Waals surface area contributed by atoms with Crippen molar-refractivity contribution in [3.05, 3.63) is 46.2 Å². The number of aryl methyl sites for hydroxylation is 2. The average molecular weight is 402 g/mol. The molecule has 9 nitrogen and oxygen atoms in total. The van der Waals surface area contributed by atoms with Gasteiger partial charge in [-0.1, -0.05) is 13.0 Å². The lowest BCUT2D eigenvalue weighted by molar-refractivity contribution is 0.630. The summed E-state index contributed by atoms with van der Waals surface area (Å²) in [6.45, 7) is 6.81. The van der Waals surface area contributed by atoms with Crippen molar-refractivity contribution in [2.24, 2.45) is 12.0 Å². The number of nitrogens with zero attached hydrogens (tertiary/aromatic N) is 7. The number of hydrogen-bond donors (Lipinski definition) is 2. The summed E-state index contributed by atoms with van der Waals surface area (Å²) in [6.07, 6.45) is 3.60. The van der Waals surface area contributed by atoms with Gasteiger partial charge in [0.1, 0.15) is 24.5 Å². The average Bonchev–Trinajstić information content (AvgIpc) is 3.43. The molecule has 28 heavy (non-hydrogen) atoms. The van der Waals surface area contributed by atoms with Crippen molar-refractivity contribution in [1.29, 1.82) is 0 Å². The zero-order chi connectivity index (χ0) is 19.8. The molecule has 0 atom stereocenters. The molecule has 0 bridgehead atoms. The number of rotatable bonds is 9. The predicted molar refractivity (Wildman–Crippen MR) is 110 cm³/mol. The third kappa shape index (κ3) is 5.38.